The molecule has 0 saturated carbocycles. The third-order valence-corrected chi connectivity index (χ3v) is 7.61. The molecule has 0 aliphatic rings. The summed E-state index contributed by atoms with van der Waals surface area (Å²) in [6, 6.07) is 13.5. The number of amides is 2. The monoisotopic (exact) mass is 506 g/mol. The van der Waals surface area contributed by atoms with Gasteiger partial charge in [-0.05, 0) is 56.5 Å². The summed E-state index contributed by atoms with van der Waals surface area (Å²) in [5.74, 6) is -1.38. The first-order valence-electron chi connectivity index (χ1n) is 11.6. The Balaban J connectivity index is 2.36. The lowest BCUT2D eigenvalue weighted by molar-refractivity contribution is -0.139. The summed E-state index contributed by atoms with van der Waals surface area (Å²) in [7, 11) is -1.37. The molecule has 2 aromatic rings. The van der Waals surface area contributed by atoms with Crippen molar-refractivity contribution in [1.82, 2.24) is 14.5 Å². The highest BCUT2D eigenvalue weighted by molar-refractivity contribution is 7.90. The number of benzene rings is 2. The highest BCUT2D eigenvalue weighted by Crippen LogP contribution is 2.21. The zero-order valence-electron chi connectivity index (χ0n) is 20.9. The van der Waals surface area contributed by atoms with Crippen LogP contribution in [0.25, 0.3) is 0 Å². The van der Waals surface area contributed by atoms with Crippen molar-refractivity contribution >= 4 is 27.7 Å². The van der Waals surface area contributed by atoms with Gasteiger partial charge in [0.15, 0.2) is 0 Å². The van der Waals surface area contributed by atoms with E-state index in [-0.39, 0.29) is 24.2 Å². The third kappa shape index (κ3) is 7.76. The van der Waals surface area contributed by atoms with Gasteiger partial charge >= 0.3 is 10.2 Å². The van der Waals surface area contributed by atoms with Crippen LogP contribution in [0.3, 0.4) is 0 Å². The SMILES string of the molecule is CC[C@H](C)NC(=O)[C@@H](C)N(CCc1ccccc1)C(=O)CN(c1ccc(F)cc1)S(=O)(=O)N(C)C. The van der Waals surface area contributed by atoms with Gasteiger partial charge in [-0.2, -0.15) is 12.7 Å². The van der Waals surface area contributed by atoms with Crippen LogP contribution in [0.4, 0.5) is 10.1 Å². The van der Waals surface area contributed by atoms with E-state index in [1.807, 2.05) is 44.2 Å². The number of hydrogen-bond acceptors (Lipinski definition) is 4. The zero-order valence-corrected chi connectivity index (χ0v) is 21.8. The van der Waals surface area contributed by atoms with Crippen LogP contribution in [0.15, 0.2) is 54.6 Å². The van der Waals surface area contributed by atoms with Gasteiger partial charge in [0.05, 0.1) is 5.69 Å². The van der Waals surface area contributed by atoms with Gasteiger partial charge in [-0.1, -0.05) is 37.3 Å². The van der Waals surface area contributed by atoms with Crippen LogP contribution in [0, 0.1) is 5.82 Å². The molecule has 2 aromatic carbocycles. The van der Waals surface area contributed by atoms with E-state index >= 15 is 0 Å². The fourth-order valence-electron chi connectivity index (χ4n) is 3.36. The molecule has 0 aliphatic heterocycles. The van der Waals surface area contributed by atoms with Crippen LogP contribution < -0.4 is 9.62 Å². The fraction of sp³-hybridized carbons (Fsp3) is 0.440. The largest absolute Gasteiger partial charge is 0.352 e. The van der Waals surface area contributed by atoms with E-state index < -0.39 is 34.5 Å². The maximum Gasteiger partial charge on any atom is 0.304 e. The van der Waals surface area contributed by atoms with E-state index in [9.17, 15) is 22.4 Å². The lowest BCUT2D eigenvalue weighted by Gasteiger charge is -2.33. The van der Waals surface area contributed by atoms with Gasteiger partial charge in [0.2, 0.25) is 11.8 Å². The molecule has 0 aromatic heterocycles. The minimum Gasteiger partial charge on any atom is -0.352 e. The van der Waals surface area contributed by atoms with Crippen molar-refractivity contribution in [3.05, 3.63) is 66.0 Å². The lowest BCUT2D eigenvalue weighted by atomic mass is 10.1. The highest BCUT2D eigenvalue weighted by Gasteiger charge is 2.32. The Bertz CT molecular complexity index is 1080. The van der Waals surface area contributed by atoms with Gasteiger partial charge in [0.25, 0.3) is 0 Å². The molecule has 2 atom stereocenters. The van der Waals surface area contributed by atoms with Crippen molar-refractivity contribution in [2.45, 2.75) is 45.7 Å². The van der Waals surface area contributed by atoms with Crippen LogP contribution in [0.2, 0.25) is 0 Å². The highest BCUT2D eigenvalue weighted by atomic mass is 32.2. The van der Waals surface area contributed by atoms with Gasteiger partial charge < -0.3 is 10.2 Å². The number of nitrogens with zero attached hydrogens (tertiary/aromatic N) is 3. The van der Waals surface area contributed by atoms with E-state index in [4.69, 9.17) is 0 Å². The summed E-state index contributed by atoms with van der Waals surface area (Å²) < 4.78 is 41.5. The summed E-state index contributed by atoms with van der Waals surface area (Å²) in [4.78, 5) is 27.8. The molecule has 0 aliphatic carbocycles. The first kappa shape index (κ1) is 28.3. The van der Waals surface area contributed by atoms with Gasteiger partial charge in [-0.15, -0.1) is 0 Å². The maximum atomic E-state index is 13.5. The number of nitrogens with one attached hydrogen (secondary N) is 1. The quantitative estimate of drug-likeness (QED) is 0.479. The van der Waals surface area contributed by atoms with Crippen molar-refractivity contribution < 1.29 is 22.4 Å². The molecule has 0 fully saturated rings. The number of anilines is 1. The molecule has 35 heavy (non-hydrogen) atoms. The van der Waals surface area contributed by atoms with Gasteiger partial charge in [0.1, 0.15) is 18.4 Å². The Morgan fingerprint density at radius 2 is 1.60 bits per heavy atom. The van der Waals surface area contributed by atoms with Crippen LogP contribution >= 0.6 is 0 Å². The van der Waals surface area contributed by atoms with Crippen molar-refractivity contribution in [2.24, 2.45) is 0 Å². The number of halogens is 1. The van der Waals surface area contributed by atoms with E-state index in [1.165, 1.54) is 31.1 Å². The maximum absolute atomic E-state index is 13.5. The molecular weight excluding hydrogens is 471 g/mol. The van der Waals surface area contributed by atoms with Crippen molar-refractivity contribution in [1.29, 1.82) is 0 Å². The Morgan fingerprint density at radius 1 is 1.00 bits per heavy atom. The van der Waals surface area contributed by atoms with E-state index in [0.717, 1.165) is 32.7 Å². The number of carbonyl (C=O) groups excluding carboxylic acids is 2. The molecule has 1 N–H and O–H groups in total. The summed E-state index contributed by atoms with van der Waals surface area (Å²) in [5.41, 5.74) is 1.13. The van der Waals surface area contributed by atoms with Gasteiger partial charge in [-0.3, -0.25) is 9.59 Å². The molecule has 0 heterocycles. The molecule has 0 spiro atoms. The Hall–Kier alpha value is -2.98. The fourth-order valence-corrected chi connectivity index (χ4v) is 4.42. The molecule has 0 radical (unpaired) electrons. The van der Waals surface area contributed by atoms with Gasteiger partial charge in [-0.25, -0.2) is 8.70 Å². The van der Waals surface area contributed by atoms with Crippen molar-refractivity contribution in [3.8, 4) is 0 Å². The Labute approximate surface area is 207 Å². The van der Waals surface area contributed by atoms with E-state index in [0.29, 0.717) is 6.42 Å². The summed E-state index contributed by atoms with van der Waals surface area (Å²) >= 11 is 0. The summed E-state index contributed by atoms with van der Waals surface area (Å²) in [6.45, 7) is 5.13. The van der Waals surface area contributed by atoms with Crippen molar-refractivity contribution in [3.63, 3.8) is 0 Å². The molecule has 8 nitrogen and oxygen atoms in total. The molecule has 0 unspecified atom stereocenters. The third-order valence-electron chi connectivity index (χ3n) is 5.79. The molecule has 2 amide bonds. The second kappa shape index (κ2) is 12.6. The standard InChI is InChI=1S/C25H35FN4O4S/c1-6-19(2)27-25(32)20(3)29(17-16-21-10-8-7-9-11-21)24(31)18-30(35(33,34)28(4)5)23-14-12-22(26)13-15-23/h7-15,19-20H,6,16-18H2,1-5H3,(H,27,32)/t19-,20+/m0/s1. The number of carbonyl (C=O) groups is 2. The predicted molar refractivity (Wildman–Crippen MR) is 136 cm³/mol. The molecule has 10 heteroatoms. The average molecular weight is 507 g/mol. The van der Waals surface area contributed by atoms with Crippen LogP contribution in [-0.4, -0.2) is 68.7 Å². The minimum atomic E-state index is -4.07. The zero-order chi connectivity index (χ0) is 26.2. The van der Waals surface area contributed by atoms with Gasteiger partial charge in [0, 0.05) is 26.7 Å². The van der Waals surface area contributed by atoms with E-state index in [1.54, 1.807) is 6.92 Å². The first-order chi connectivity index (χ1) is 16.5. The molecule has 0 saturated heterocycles. The molecular formula is C25H35FN4O4S. The molecule has 192 valence electrons. The van der Waals surface area contributed by atoms with E-state index in [2.05, 4.69) is 5.32 Å². The summed E-state index contributed by atoms with van der Waals surface area (Å²) in [5, 5.41) is 2.89. The normalized spacial score (nSPS) is 13.2. The Kier molecular flexibility index (Phi) is 10.2. The smallest absolute Gasteiger partial charge is 0.304 e. The van der Waals surface area contributed by atoms with Crippen LogP contribution in [-0.2, 0) is 26.2 Å². The average Bonchev–Trinajstić information content (AvgIpc) is 2.83. The minimum absolute atomic E-state index is 0.0687. The number of rotatable bonds is 12. The second-order valence-electron chi connectivity index (χ2n) is 8.59. The predicted octanol–water partition coefficient (Wildman–Crippen LogP) is 2.81. The topological polar surface area (TPSA) is 90.0 Å². The Morgan fingerprint density at radius 3 is 2.14 bits per heavy atom. The lowest BCUT2D eigenvalue weighted by Crippen LogP contribution is -2.54. The first-order valence-corrected chi connectivity index (χ1v) is 13.0. The van der Waals surface area contributed by atoms with Crippen LogP contribution in [0.1, 0.15) is 32.8 Å². The molecule has 2 rings (SSSR count). The number of hydrogen-bond donors (Lipinski definition) is 1. The van der Waals surface area contributed by atoms with Crippen LogP contribution in [0.5, 0.6) is 0 Å². The molecule has 0 bridgehead atoms. The second-order valence-corrected chi connectivity index (χ2v) is 10.7. The van der Waals surface area contributed by atoms with Crippen molar-refractivity contribution in [2.75, 3.05) is 31.5 Å². The summed E-state index contributed by atoms with van der Waals surface area (Å²) in [6.07, 6.45) is 1.22.